The lowest BCUT2D eigenvalue weighted by Crippen LogP contribution is -2.47. The Morgan fingerprint density at radius 2 is 1.81 bits per heavy atom. The number of carbonyl (C=O) groups excluding carboxylic acids is 1. The van der Waals surface area contributed by atoms with Gasteiger partial charge < -0.3 is 19.8 Å². The summed E-state index contributed by atoms with van der Waals surface area (Å²) in [5, 5.41) is 6.04. The molecule has 0 fully saturated rings. The average molecular weight is 366 g/mol. The molecule has 0 saturated heterocycles. The van der Waals surface area contributed by atoms with E-state index >= 15 is 0 Å². The van der Waals surface area contributed by atoms with Crippen molar-refractivity contribution in [2.45, 2.75) is 39.9 Å². The molecule has 7 nitrogen and oxygen atoms in total. The van der Waals surface area contributed by atoms with E-state index in [0.29, 0.717) is 13.1 Å². The molecule has 0 aliphatic carbocycles. The number of carbonyl (C=O) groups is 1. The monoisotopic (exact) mass is 366 g/mol. The Kier molecular flexibility index (Phi) is 5.59. The van der Waals surface area contributed by atoms with Gasteiger partial charge in [0.1, 0.15) is 0 Å². The van der Waals surface area contributed by atoms with Crippen molar-refractivity contribution in [3.8, 4) is 0 Å². The highest BCUT2D eigenvalue weighted by atomic mass is 16.2. The van der Waals surface area contributed by atoms with Crippen molar-refractivity contribution in [2.75, 3.05) is 5.32 Å². The predicted octanol–water partition coefficient (Wildman–Crippen LogP) is 3.36. The fourth-order valence-corrected chi connectivity index (χ4v) is 2.81. The van der Waals surface area contributed by atoms with Gasteiger partial charge in [-0.05, 0) is 23.1 Å². The number of hydrogen-bond donors (Lipinski definition) is 2. The van der Waals surface area contributed by atoms with E-state index in [1.807, 2.05) is 45.8 Å². The normalized spacial score (nSPS) is 12.6. The van der Waals surface area contributed by atoms with Crippen LogP contribution in [0.2, 0.25) is 0 Å². The van der Waals surface area contributed by atoms with Crippen LogP contribution in [-0.2, 0) is 13.1 Å². The van der Waals surface area contributed by atoms with Gasteiger partial charge in [-0.15, -0.1) is 0 Å². The van der Waals surface area contributed by atoms with Gasteiger partial charge in [-0.25, -0.2) is 14.8 Å². The van der Waals surface area contributed by atoms with Gasteiger partial charge in [0.15, 0.2) is 0 Å². The Morgan fingerprint density at radius 3 is 2.44 bits per heavy atom. The molecule has 3 aromatic rings. The highest BCUT2D eigenvalue weighted by Gasteiger charge is 2.26. The highest BCUT2D eigenvalue weighted by molar-refractivity contribution is 5.89. The summed E-state index contributed by atoms with van der Waals surface area (Å²) in [6, 6.07) is 7.57. The lowest BCUT2D eigenvalue weighted by atomic mass is 9.86. The van der Waals surface area contributed by atoms with Gasteiger partial charge in [-0.3, -0.25) is 0 Å². The molecule has 1 atom stereocenters. The Morgan fingerprint density at radius 1 is 1.11 bits per heavy atom. The fraction of sp³-hybridized carbons (Fsp3) is 0.350. The lowest BCUT2D eigenvalue weighted by molar-refractivity contribution is 0.219. The van der Waals surface area contributed by atoms with E-state index < -0.39 is 0 Å². The number of hydrogen-bond acceptors (Lipinski definition) is 3. The van der Waals surface area contributed by atoms with Crippen molar-refractivity contribution in [1.82, 2.24) is 24.4 Å². The molecule has 0 saturated carbocycles. The van der Waals surface area contributed by atoms with Crippen molar-refractivity contribution in [3.63, 3.8) is 0 Å². The molecule has 3 rings (SSSR count). The number of imidazole rings is 2. The number of amides is 2. The van der Waals surface area contributed by atoms with Gasteiger partial charge in [0.05, 0.1) is 18.7 Å². The standard InChI is InChI=1S/C20H26N6O/c1-20(2,3)18(13-26-10-8-22-15-26)24-19(27)23-17-6-4-5-16(11-17)12-25-9-7-21-14-25/h4-11,14-15,18H,12-13H2,1-3H3,(H2,23,24,27). The van der Waals surface area contributed by atoms with Gasteiger partial charge in [0.2, 0.25) is 0 Å². The summed E-state index contributed by atoms with van der Waals surface area (Å²) >= 11 is 0. The van der Waals surface area contributed by atoms with E-state index in [4.69, 9.17) is 0 Å². The van der Waals surface area contributed by atoms with Crippen LogP contribution in [-0.4, -0.2) is 31.2 Å². The zero-order valence-electron chi connectivity index (χ0n) is 16.0. The van der Waals surface area contributed by atoms with Crippen LogP contribution >= 0.6 is 0 Å². The topological polar surface area (TPSA) is 76.8 Å². The van der Waals surface area contributed by atoms with Gasteiger partial charge >= 0.3 is 6.03 Å². The van der Waals surface area contributed by atoms with Crippen LogP contribution in [0.5, 0.6) is 0 Å². The first-order chi connectivity index (χ1) is 12.9. The van der Waals surface area contributed by atoms with Gasteiger partial charge in [-0.1, -0.05) is 32.9 Å². The molecule has 27 heavy (non-hydrogen) atoms. The summed E-state index contributed by atoms with van der Waals surface area (Å²) in [6.45, 7) is 7.71. The molecule has 0 bridgehead atoms. The first kappa shape index (κ1) is 18.7. The molecule has 2 aromatic heterocycles. The summed E-state index contributed by atoms with van der Waals surface area (Å²) in [6.07, 6.45) is 10.8. The largest absolute Gasteiger partial charge is 0.335 e. The summed E-state index contributed by atoms with van der Waals surface area (Å²) < 4.78 is 3.96. The van der Waals surface area contributed by atoms with E-state index in [9.17, 15) is 4.79 Å². The van der Waals surface area contributed by atoms with E-state index in [-0.39, 0.29) is 17.5 Å². The maximum atomic E-state index is 12.6. The molecule has 142 valence electrons. The van der Waals surface area contributed by atoms with Crippen LogP contribution < -0.4 is 10.6 Å². The van der Waals surface area contributed by atoms with Gasteiger partial charge in [0.25, 0.3) is 0 Å². The second-order valence-corrected chi connectivity index (χ2v) is 7.71. The minimum Gasteiger partial charge on any atom is -0.335 e. The smallest absolute Gasteiger partial charge is 0.319 e. The summed E-state index contributed by atoms with van der Waals surface area (Å²) in [7, 11) is 0. The van der Waals surface area contributed by atoms with Gasteiger partial charge in [-0.2, -0.15) is 0 Å². The van der Waals surface area contributed by atoms with Crippen LogP contribution in [0.3, 0.4) is 0 Å². The molecule has 1 aromatic carbocycles. The molecule has 2 amide bonds. The van der Waals surface area contributed by atoms with E-state index in [1.165, 1.54) is 0 Å². The van der Waals surface area contributed by atoms with E-state index in [2.05, 4.69) is 41.4 Å². The number of nitrogens with zero attached hydrogens (tertiary/aromatic N) is 4. The number of rotatable bonds is 6. The third-order valence-electron chi connectivity index (χ3n) is 4.41. The number of nitrogens with one attached hydrogen (secondary N) is 2. The Hall–Kier alpha value is -3.09. The predicted molar refractivity (Wildman–Crippen MR) is 105 cm³/mol. The third kappa shape index (κ3) is 5.44. The zero-order chi connectivity index (χ0) is 19.3. The van der Waals surface area contributed by atoms with Crippen molar-refractivity contribution >= 4 is 11.7 Å². The first-order valence-electron chi connectivity index (χ1n) is 8.98. The SMILES string of the molecule is CC(C)(C)C(Cn1ccnc1)NC(=O)Nc1cccc(Cn2ccnc2)c1. The zero-order valence-corrected chi connectivity index (χ0v) is 16.0. The van der Waals surface area contributed by atoms with E-state index in [1.54, 1.807) is 25.0 Å². The Balaban J connectivity index is 1.63. The Labute approximate surface area is 159 Å². The minimum atomic E-state index is -0.213. The maximum absolute atomic E-state index is 12.6. The minimum absolute atomic E-state index is 0.0409. The average Bonchev–Trinajstić information content (AvgIpc) is 3.27. The highest BCUT2D eigenvalue weighted by Crippen LogP contribution is 2.21. The van der Waals surface area contributed by atoms with Crippen molar-refractivity contribution in [1.29, 1.82) is 0 Å². The van der Waals surface area contributed by atoms with Crippen molar-refractivity contribution in [3.05, 3.63) is 67.3 Å². The Bertz CT molecular complexity index is 849. The number of urea groups is 1. The third-order valence-corrected chi connectivity index (χ3v) is 4.41. The number of benzene rings is 1. The summed E-state index contributed by atoms with van der Waals surface area (Å²) in [5.41, 5.74) is 1.77. The molecular weight excluding hydrogens is 340 g/mol. The summed E-state index contributed by atoms with van der Waals surface area (Å²) in [4.78, 5) is 20.7. The van der Waals surface area contributed by atoms with Crippen LogP contribution in [0.15, 0.2) is 61.7 Å². The molecule has 0 aliphatic heterocycles. The molecule has 0 aliphatic rings. The van der Waals surface area contributed by atoms with Crippen LogP contribution in [0.1, 0.15) is 26.3 Å². The first-order valence-corrected chi connectivity index (χ1v) is 8.98. The molecular formula is C20H26N6O. The number of anilines is 1. The van der Waals surface area contributed by atoms with Gasteiger partial charge in [0, 0.05) is 43.6 Å². The van der Waals surface area contributed by atoms with Crippen molar-refractivity contribution in [2.24, 2.45) is 5.41 Å². The summed E-state index contributed by atoms with van der Waals surface area (Å²) in [5.74, 6) is 0. The quantitative estimate of drug-likeness (QED) is 0.702. The van der Waals surface area contributed by atoms with Crippen LogP contribution in [0.4, 0.5) is 10.5 Å². The fourth-order valence-electron chi connectivity index (χ4n) is 2.81. The lowest BCUT2D eigenvalue weighted by Gasteiger charge is -2.31. The van der Waals surface area contributed by atoms with Crippen LogP contribution in [0.25, 0.3) is 0 Å². The molecule has 0 spiro atoms. The second-order valence-electron chi connectivity index (χ2n) is 7.71. The number of aromatic nitrogens is 4. The molecule has 2 N–H and O–H groups in total. The molecule has 7 heteroatoms. The van der Waals surface area contributed by atoms with Crippen molar-refractivity contribution < 1.29 is 4.79 Å². The molecule has 0 radical (unpaired) electrons. The molecule has 2 heterocycles. The maximum Gasteiger partial charge on any atom is 0.319 e. The molecule has 1 unspecified atom stereocenters. The van der Waals surface area contributed by atoms with E-state index in [0.717, 1.165) is 11.3 Å². The second kappa shape index (κ2) is 8.07. The van der Waals surface area contributed by atoms with Crippen LogP contribution in [0, 0.1) is 5.41 Å².